The molecule has 3 nitrogen and oxygen atoms in total. The van der Waals surface area contributed by atoms with E-state index in [1.165, 1.54) is 6.42 Å². The van der Waals surface area contributed by atoms with Gasteiger partial charge in [-0.15, -0.1) is 0 Å². The van der Waals surface area contributed by atoms with Gasteiger partial charge in [0.1, 0.15) is 5.60 Å². The van der Waals surface area contributed by atoms with Gasteiger partial charge in [-0.05, 0) is 59.9 Å². The van der Waals surface area contributed by atoms with Crippen LogP contribution in [0.3, 0.4) is 0 Å². The lowest BCUT2D eigenvalue weighted by Crippen LogP contribution is -2.29. The fourth-order valence-electron chi connectivity index (χ4n) is 3.10. The molecule has 1 aliphatic carbocycles. The highest BCUT2D eigenvalue weighted by atomic mass is 79.9. The Morgan fingerprint density at radius 2 is 2.05 bits per heavy atom. The van der Waals surface area contributed by atoms with E-state index in [9.17, 15) is 5.11 Å². The summed E-state index contributed by atoms with van der Waals surface area (Å²) < 4.78 is 2.92. The Kier molecular flexibility index (Phi) is 4.41. The minimum atomic E-state index is -0.724. The number of rotatable bonds is 3. The molecule has 0 saturated heterocycles. The van der Waals surface area contributed by atoms with Crippen LogP contribution in [0.1, 0.15) is 65.0 Å². The van der Waals surface area contributed by atoms with Gasteiger partial charge in [0.25, 0.3) is 0 Å². The molecule has 0 aliphatic heterocycles. The van der Waals surface area contributed by atoms with Crippen LogP contribution in [0.5, 0.6) is 0 Å². The summed E-state index contributed by atoms with van der Waals surface area (Å²) in [5, 5.41) is 15.5. The van der Waals surface area contributed by atoms with E-state index >= 15 is 0 Å². The van der Waals surface area contributed by atoms with Crippen molar-refractivity contribution in [2.24, 2.45) is 5.41 Å². The van der Waals surface area contributed by atoms with E-state index < -0.39 is 5.60 Å². The van der Waals surface area contributed by atoms with Crippen molar-refractivity contribution >= 4 is 15.9 Å². The van der Waals surface area contributed by atoms with Crippen LogP contribution in [-0.2, 0) is 12.1 Å². The van der Waals surface area contributed by atoms with Gasteiger partial charge < -0.3 is 5.11 Å². The summed E-state index contributed by atoms with van der Waals surface area (Å²) in [5.74, 6) is 0. The predicted octanol–water partition coefficient (Wildman–Crippen LogP) is 4.23. The highest BCUT2D eigenvalue weighted by Crippen LogP contribution is 2.44. The summed E-state index contributed by atoms with van der Waals surface area (Å²) in [6.07, 6.45) is 7.84. The fraction of sp³-hybridized carbons (Fsp3) is 0.800. The Bertz CT molecular complexity index is 441. The number of hydrogen-bond donors (Lipinski definition) is 1. The molecule has 0 aromatic carbocycles. The smallest absolute Gasteiger partial charge is 0.107 e. The number of nitrogens with zero attached hydrogens (tertiary/aromatic N) is 2. The minimum Gasteiger partial charge on any atom is -0.384 e. The van der Waals surface area contributed by atoms with Crippen LogP contribution in [0.2, 0.25) is 0 Å². The third-order valence-corrected chi connectivity index (χ3v) is 4.91. The zero-order valence-corrected chi connectivity index (χ0v) is 13.8. The van der Waals surface area contributed by atoms with Crippen LogP contribution < -0.4 is 0 Å². The van der Waals surface area contributed by atoms with Crippen molar-refractivity contribution in [1.82, 2.24) is 9.78 Å². The summed E-state index contributed by atoms with van der Waals surface area (Å²) in [4.78, 5) is 0. The topological polar surface area (TPSA) is 38.0 Å². The molecule has 1 unspecified atom stereocenters. The molecule has 1 aromatic heterocycles. The molecule has 0 amide bonds. The molecule has 1 fully saturated rings. The van der Waals surface area contributed by atoms with Gasteiger partial charge in [0.15, 0.2) is 0 Å². The van der Waals surface area contributed by atoms with E-state index in [2.05, 4.69) is 41.8 Å². The number of aryl methyl sites for hydroxylation is 1. The summed E-state index contributed by atoms with van der Waals surface area (Å²) in [6.45, 7) is 7.61. The lowest BCUT2D eigenvalue weighted by atomic mass is 9.83. The molecule has 2 rings (SSSR count). The molecule has 0 spiro atoms. The standard InChI is InChI=1S/C15H25BrN2O/c1-4-10-18-13(12(16)11-17-18)15(19)7-5-6-14(2,3)8-9-15/h11,19H,4-10H2,1-3H3. The largest absolute Gasteiger partial charge is 0.384 e. The Morgan fingerprint density at radius 1 is 1.32 bits per heavy atom. The molecule has 0 bridgehead atoms. The van der Waals surface area contributed by atoms with Crippen molar-refractivity contribution in [2.75, 3.05) is 0 Å². The Balaban J connectivity index is 2.31. The minimum absolute atomic E-state index is 0.340. The second kappa shape index (κ2) is 5.57. The van der Waals surface area contributed by atoms with Crippen molar-refractivity contribution in [1.29, 1.82) is 0 Å². The SMILES string of the molecule is CCCn1ncc(Br)c1C1(O)CCCC(C)(C)CC1. The van der Waals surface area contributed by atoms with Crippen LogP contribution in [0.15, 0.2) is 10.7 Å². The zero-order valence-electron chi connectivity index (χ0n) is 12.2. The van der Waals surface area contributed by atoms with Gasteiger partial charge in [0.2, 0.25) is 0 Å². The van der Waals surface area contributed by atoms with Gasteiger partial charge in [-0.1, -0.05) is 20.8 Å². The molecule has 1 aliphatic rings. The van der Waals surface area contributed by atoms with Crippen molar-refractivity contribution in [3.63, 3.8) is 0 Å². The molecule has 1 atom stereocenters. The Labute approximate surface area is 124 Å². The van der Waals surface area contributed by atoms with Gasteiger partial charge in [-0.3, -0.25) is 4.68 Å². The third kappa shape index (κ3) is 3.22. The first-order valence-corrected chi connectivity index (χ1v) is 8.11. The molecule has 108 valence electrons. The second-order valence-electron chi connectivity index (χ2n) is 6.61. The van der Waals surface area contributed by atoms with E-state index in [0.29, 0.717) is 5.41 Å². The van der Waals surface area contributed by atoms with E-state index in [-0.39, 0.29) is 0 Å². The van der Waals surface area contributed by atoms with Gasteiger partial charge in [0, 0.05) is 6.54 Å². The van der Waals surface area contributed by atoms with Crippen LogP contribution in [-0.4, -0.2) is 14.9 Å². The summed E-state index contributed by atoms with van der Waals surface area (Å²) >= 11 is 3.57. The van der Waals surface area contributed by atoms with E-state index in [1.54, 1.807) is 0 Å². The van der Waals surface area contributed by atoms with Gasteiger partial charge in [0.05, 0.1) is 16.4 Å². The van der Waals surface area contributed by atoms with Crippen LogP contribution >= 0.6 is 15.9 Å². The van der Waals surface area contributed by atoms with Gasteiger partial charge >= 0.3 is 0 Å². The number of halogens is 1. The molecular formula is C15H25BrN2O. The van der Waals surface area contributed by atoms with Crippen molar-refractivity contribution in [3.8, 4) is 0 Å². The normalized spacial score (nSPS) is 27.2. The van der Waals surface area contributed by atoms with E-state index in [1.807, 2.05) is 10.9 Å². The first kappa shape index (κ1) is 15.0. The Morgan fingerprint density at radius 3 is 2.74 bits per heavy atom. The summed E-state index contributed by atoms with van der Waals surface area (Å²) in [6, 6.07) is 0. The lowest BCUT2D eigenvalue weighted by Gasteiger charge is -2.29. The quantitative estimate of drug-likeness (QED) is 0.843. The molecule has 1 aromatic rings. The molecule has 4 heteroatoms. The van der Waals surface area contributed by atoms with Crippen LogP contribution in [0, 0.1) is 5.41 Å². The monoisotopic (exact) mass is 328 g/mol. The average Bonchev–Trinajstić information content (AvgIpc) is 2.62. The second-order valence-corrected chi connectivity index (χ2v) is 7.47. The van der Waals surface area contributed by atoms with E-state index in [0.717, 1.165) is 48.8 Å². The molecule has 1 saturated carbocycles. The number of hydrogen-bond acceptors (Lipinski definition) is 2. The van der Waals surface area contributed by atoms with Crippen molar-refractivity contribution in [3.05, 3.63) is 16.4 Å². The van der Waals surface area contributed by atoms with Crippen molar-refractivity contribution < 1.29 is 5.11 Å². The molecule has 1 N–H and O–H groups in total. The Hall–Kier alpha value is -0.350. The van der Waals surface area contributed by atoms with E-state index in [4.69, 9.17) is 0 Å². The van der Waals surface area contributed by atoms with Crippen LogP contribution in [0.25, 0.3) is 0 Å². The molecular weight excluding hydrogens is 304 g/mol. The maximum absolute atomic E-state index is 11.1. The predicted molar refractivity (Wildman–Crippen MR) is 81.0 cm³/mol. The summed E-state index contributed by atoms with van der Waals surface area (Å²) in [5.41, 5.74) is 0.595. The first-order chi connectivity index (χ1) is 8.88. The molecule has 19 heavy (non-hydrogen) atoms. The number of aromatic nitrogens is 2. The fourth-order valence-corrected chi connectivity index (χ4v) is 3.76. The zero-order chi connectivity index (χ0) is 14.1. The van der Waals surface area contributed by atoms with Gasteiger partial charge in [-0.25, -0.2) is 0 Å². The maximum atomic E-state index is 11.1. The third-order valence-electron chi connectivity index (χ3n) is 4.33. The highest BCUT2D eigenvalue weighted by Gasteiger charge is 2.38. The lowest BCUT2D eigenvalue weighted by molar-refractivity contribution is 0.00851. The maximum Gasteiger partial charge on any atom is 0.107 e. The first-order valence-electron chi connectivity index (χ1n) is 7.32. The average molecular weight is 329 g/mol. The van der Waals surface area contributed by atoms with Crippen LogP contribution in [0.4, 0.5) is 0 Å². The van der Waals surface area contributed by atoms with Gasteiger partial charge in [-0.2, -0.15) is 5.10 Å². The summed E-state index contributed by atoms with van der Waals surface area (Å²) in [7, 11) is 0. The number of aliphatic hydroxyl groups is 1. The molecule has 1 heterocycles. The van der Waals surface area contributed by atoms with Crippen molar-refractivity contribution in [2.45, 2.75) is 71.4 Å². The molecule has 0 radical (unpaired) electrons. The highest BCUT2D eigenvalue weighted by molar-refractivity contribution is 9.10.